The van der Waals surface area contributed by atoms with Gasteiger partial charge in [-0.1, -0.05) is 11.6 Å². The normalized spacial score (nSPS) is 14.9. The maximum atomic E-state index is 14.7. The van der Waals surface area contributed by atoms with Crippen LogP contribution >= 0.6 is 11.6 Å². The highest BCUT2D eigenvalue weighted by molar-refractivity contribution is 6.32. The molecule has 11 heteroatoms. The Labute approximate surface area is 185 Å². The van der Waals surface area contributed by atoms with E-state index in [9.17, 15) is 32.6 Å². The number of aromatic hydroxyl groups is 2. The molecule has 0 saturated carbocycles. The molecule has 1 atom stereocenters. The molecule has 6 nitrogen and oxygen atoms in total. The summed E-state index contributed by atoms with van der Waals surface area (Å²) in [5, 5.41) is 21.0. The minimum absolute atomic E-state index is 0.0330. The summed E-state index contributed by atoms with van der Waals surface area (Å²) in [5.41, 5.74) is 0.910. The summed E-state index contributed by atoms with van der Waals surface area (Å²) in [6.07, 6.45) is -0.831. The molecule has 0 saturated heterocycles. The molecule has 1 heterocycles. The monoisotopic (exact) mass is 477 g/mol. The highest BCUT2D eigenvalue weighted by Crippen LogP contribution is 2.42. The summed E-state index contributed by atoms with van der Waals surface area (Å²) >= 11 is 6.04. The lowest BCUT2D eigenvalue weighted by atomic mass is 9.95. The molecule has 0 radical (unpaired) electrons. The summed E-state index contributed by atoms with van der Waals surface area (Å²) in [7, 11) is 0. The number of hydrogen-bond acceptors (Lipinski definition) is 5. The molecule has 0 aliphatic heterocycles. The minimum atomic E-state index is -4.64. The zero-order valence-corrected chi connectivity index (χ0v) is 17.6. The van der Waals surface area contributed by atoms with E-state index in [0.29, 0.717) is 24.0 Å². The predicted molar refractivity (Wildman–Crippen MR) is 107 cm³/mol. The zero-order valence-electron chi connectivity index (χ0n) is 16.9. The number of ether oxygens (including phenoxy) is 2. The van der Waals surface area contributed by atoms with Gasteiger partial charge in [-0.2, -0.15) is 13.2 Å². The molecule has 1 unspecified atom stereocenters. The van der Waals surface area contributed by atoms with Gasteiger partial charge in [0.25, 0.3) is 0 Å². The highest BCUT2D eigenvalue weighted by Gasteiger charge is 2.29. The standard InChI is InChI=1S/C21H20ClF4NO5/c1-11(6-7-18(28)31-10-21(24,25)26)32-17-9-16(15(23)8-14(17)22)27-19(29)12-4-2-3-5-13(12)20(27)30/h6-9,11,29-30H,2-5,10H2,1H3. The molecule has 1 aromatic carbocycles. The number of hydrogen-bond donors (Lipinski definition) is 2. The number of aromatic nitrogens is 1. The fourth-order valence-electron chi connectivity index (χ4n) is 3.43. The first-order chi connectivity index (χ1) is 15.0. The van der Waals surface area contributed by atoms with Crippen LogP contribution in [0.1, 0.15) is 30.9 Å². The van der Waals surface area contributed by atoms with E-state index in [1.165, 1.54) is 13.0 Å². The number of alkyl halides is 3. The molecule has 174 valence electrons. The fourth-order valence-corrected chi connectivity index (χ4v) is 3.63. The van der Waals surface area contributed by atoms with E-state index < -0.39 is 30.7 Å². The van der Waals surface area contributed by atoms with Crippen molar-refractivity contribution in [3.8, 4) is 23.2 Å². The van der Waals surface area contributed by atoms with Crippen LogP contribution < -0.4 is 4.74 Å². The summed E-state index contributed by atoms with van der Waals surface area (Å²) in [4.78, 5) is 11.4. The number of halogens is 5. The number of carbonyl (C=O) groups excluding carboxylic acids is 1. The third kappa shape index (κ3) is 5.29. The zero-order chi connectivity index (χ0) is 23.6. The number of esters is 1. The fraction of sp³-hybridized carbons (Fsp3) is 0.381. The lowest BCUT2D eigenvalue weighted by molar-refractivity contribution is -0.182. The maximum Gasteiger partial charge on any atom is 0.422 e. The van der Waals surface area contributed by atoms with Crippen LogP contribution in [0, 0.1) is 5.82 Å². The Morgan fingerprint density at radius 2 is 1.81 bits per heavy atom. The Balaban J connectivity index is 1.82. The van der Waals surface area contributed by atoms with Crippen molar-refractivity contribution < 1.29 is 42.0 Å². The molecule has 32 heavy (non-hydrogen) atoms. The SMILES string of the molecule is CC(C=CC(=O)OCC(F)(F)F)Oc1cc(-n2c(O)c3c(c2O)CCCC3)c(F)cc1Cl. The van der Waals surface area contributed by atoms with Gasteiger partial charge in [0.15, 0.2) is 6.61 Å². The third-order valence-corrected chi connectivity index (χ3v) is 5.16. The van der Waals surface area contributed by atoms with E-state index in [-0.39, 0.29) is 28.2 Å². The third-order valence-electron chi connectivity index (χ3n) is 4.87. The second-order valence-corrected chi connectivity index (χ2v) is 7.69. The maximum absolute atomic E-state index is 14.7. The summed E-state index contributed by atoms with van der Waals surface area (Å²) in [5.74, 6) is -2.61. The Morgan fingerprint density at radius 3 is 2.38 bits per heavy atom. The van der Waals surface area contributed by atoms with Crippen LogP contribution in [0.3, 0.4) is 0 Å². The molecule has 1 aliphatic carbocycles. The van der Waals surface area contributed by atoms with Crippen LogP contribution in [-0.4, -0.2) is 39.6 Å². The van der Waals surface area contributed by atoms with Crippen molar-refractivity contribution in [2.45, 2.75) is 44.9 Å². The van der Waals surface area contributed by atoms with Gasteiger partial charge in [-0.15, -0.1) is 0 Å². The molecule has 3 rings (SSSR count). The molecule has 0 fully saturated rings. The van der Waals surface area contributed by atoms with Gasteiger partial charge in [0.1, 0.15) is 17.7 Å². The Bertz CT molecular complexity index is 1020. The lowest BCUT2D eigenvalue weighted by Crippen LogP contribution is -2.19. The van der Waals surface area contributed by atoms with Crippen LogP contribution in [0.15, 0.2) is 24.3 Å². The summed E-state index contributed by atoms with van der Waals surface area (Å²) in [6.45, 7) is -0.247. The number of fused-ring (bicyclic) bond motifs is 1. The van der Waals surface area contributed by atoms with Gasteiger partial charge < -0.3 is 19.7 Å². The average Bonchev–Trinajstić information content (AvgIpc) is 2.97. The molecule has 1 aliphatic rings. The first-order valence-corrected chi connectivity index (χ1v) is 10.1. The number of rotatable bonds is 6. The molecule has 1 aromatic heterocycles. The van der Waals surface area contributed by atoms with E-state index in [1.807, 2.05) is 0 Å². The van der Waals surface area contributed by atoms with Gasteiger partial charge in [-0.05, 0) is 44.7 Å². The van der Waals surface area contributed by atoms with Crippen molar-refractivity contribution in [3.63, 3.8) is 0 Å². The van der Waals surface area contributed by atoms with E-state index in [4.69, 9.17) is 16.3 Å². The summed E-state index contributed by atoms with van der Waals surface area (Å²) in [6, 6.07) is 2.12. The van der Waals surface area contributed by atoms with Gasteiger partial charge in [0.2, 0.25) is 11.8 Å². The second kappa shape index (κ2) is 9.32. The molecule has 2 N–H and O–H groups in total. The Morgan fingerprint density at radius 1 is 1.22 bits per heavy atom. The molecule has 0 spiro atoms. The largest absolute Gasteiger partial charge is 0.494 e. The van der Waals surface area contributed by atoms with Crippen molar-refractivity contribution >= 4 is 17.6 Å². The van der Waals surface area contributed by atoms with Gasteiger partial charge in [0, 0.05) is 23.3 Å². The predicted octanol–water partition coefficient (Wildman–Crippen LogP) is 4.99. The smallest absolute Gasteiger partial charge is 0.422 e. The first kappa shape index (κ1) is 23.8. The topological polar surface area (TPSA) is 80.9 Å². The van der Waals surface area contributed by atoms with Crippen molar-refractivity contribution in [3.05, 3.63) is 46.3 Å². The molecular formula is C21H20ClF4NO5. The van der Waals surface area contributed by atoms with Crippen molar-refractivity contribution in [2.75, 3.05) is 6.61 Å². The Kier molecular flexibility index (Phi) is 6.92. The minimum Gasteiger partial charge on any atom is -0.494 e. The van der Waals surface area contributed by atoms with Gasteiger partial charge in [-0.3, -0.25) is 0 Å². The lowest BCUT2D eigenvalue weighted by Gasteiger charge is -2.16. The van der Waals surface area contributed by atoms with Gasteiger partial charge in [-0.25, -0.2) is 13.8 Å². The quantitative estimate of drug-likeness (QED) is 0.348. The van der Waals surface area contributed by atoms with Crippen LogP contribution in [0.5, 0.6) is 17.5 Å². The van der Waals surface area contributed by atoms with E-state index in [1.54, 1.807) is 0 Å². The van der Waals surface area contributed by atoms with E-state index >= 15 is 0 Å². The highest BCUT2D eigenvalue weighted by atomic mass is 35.5. The van der Waals surface area contributed by atoms with Crippen molar-refractivity contribution in [2.24, 2.45) is 0 Å². The molecule has 2 aromatic rings. The average molecular weight is 478 g/mol. The van der Waals surface area contributed by atoms with Gasteiger partial charge in [0.05, 0.1) is 10.7 Å². The molecular weight excluding hydrogens is 458 g/mol. The number of carbonyl (C=O) groups is 1. The van der Waals surface area contributed by atoms with Crippen LogP contribution in [0.2, 0.25) is 5.02 Å². The van der Waals surface area contributed by atoms with Gasteiger partial charge >= 0.3 is 12.1 Å². The first-order valence-electron chi connectivity index (χ1n) is 9.70. The van der Waals surface area contributed by atoms with E-state index in [2.05, 4.69) is 4.74 Å². The Hall–Kier alpha value is -2.88. The van der Waals surface area contributed by atoms with Crippen LogP contribution in [-0.2, 0) is 22.4 Å². The van der Waals surface area contributed by atoms with E-state index in [0.717, 1.165) is 35.6 Å². The second-order valence-electron chi connectivity index (χ2n) is 7.29. The summed E-state index contributed by atoms with van der Waals surface area (Å²) < 4.78 is 61.5. The number of benzene rings is 1. The van der Waals surface area contributed by atoms with Crippen LogP contribution in [0.25, 0.3) is 5.69 Å². The molecule has 0 bridgehead atoms. The van der Waals surface area contributed by atoms with Crippen molar-refractivity contribution in [1.82, 2.24) is 4.57 Å². The van der Waals surface area contributed by atoms with Crippen LogP contribution in [0.4, 0.5) is 17.6 Å². The molecule has 0 amide bonds. The van der Waals surface area contributed by atoms with Crippen molar-refractivity contribution in [1.29, 1.82) is 0 Å². The number of nitrogens with zero attached hydrogens (tertiary/aromatic N) is 1.